The first-order chi connectivity index (χ1) is 13.3. The molecule has 0 bridgehead atoms. The number of nitrogens with zero attached hydrogens (tertiary/aromatic N) is 2. The van der Waals surface area contributed by atoms with Crippen LogP contribution in [0.1, 0.15) is 48.5 Å². The molecule has 2 rings (SSSR count). The van der Waals surface area contributed by atoms with Gasteiger partial charge in [-0.15, -0.1) is 0 Å². The minimum atomic E-state index is -0.332. The first kappa shape index (κ1) is 21.4. The van der Waals surface area contributed by atoms with E-state index in [1.807, 2.05) is 0 Å². The molecule has 0 saturated carbocycles. The van der Waals surface area contributed by atoms with Crippen molar-refractivity contribution in [2.75, 3.05) is 24.1 Å². The van der Waals surface area contributed by atoms with Gasteiger partial charge in [0, 0.05) is 31.4 Å². The number of hydrogen-bond acceptors (Lipinski definition) is 5. The molecule has 150 valence electrons. The van der Waals surface area contributed by atoms with E-state index in [1.54, 1.807) is 36.4 Å². The van der Waals surface area contributed by atoms with Crippen LogP contribution in [0.5, 0.6) is 0 Å². The molecule has 0 radical (unpaired) electrons. The number of pyridine rings is 1. The van der Waals surface area contributed by atoms with E-state index in [1.165, 1.54) is 6.20 Å². The van der Waals surface area contributed by atoms with E-state index in [4.69, 9.17) is 5.73 Å². The molecule has 0 aliphatic rings. The number of para-hydroxylation sites is 2. The van der Waals surface area contributed by atoms with E-state index in [-0.39, 0.29) is 17.5 Å². The summed E-state index contributed by atoms with van der Waals surface area (Å²) in [5.41, 5.74) is 7.48. The largest absolute Gasteiger partial charge is 0.397 e. The zero-order valence-electron chi connectivity index (χ0n) is 16.9. The highest BCUT2D eigenvalue weighted by Crippen LogP contribution is 2.17. The lowest BCUT2D eigenvalue weighted by Gasteiger charge is -2.30. The maximum Gasteiger partial charge on any atom is 0.269 e. The Labute approximate surface area is 166 Å². The Bertz CT molecular complexity index is 795. The molecule has 2 aromatic rings. The summed E-state index contributed by atoms with van der Waals surface area (Å²) in [5.74, 6) is -0.589. The summed E-state index contributed by atoms with van der Waals surface area (Å²) in [5, 5.41) is 5.61. The number of benzene rings is 1. The van der Waals surface area contributed by atoms with Gasteiger partial charge in [0.15, 0.2) is 0 Å². The number of nitrogen functional groups attached to an aromatic ring is 1. The van der Waals surface area contributed by atoms with Gasteiger partial charge in [-0.2, -0.15) is 0 Å². The SMILES string of the molecule is CC(C)N(CCNC(=O)c1ccc(C(=O)Nc2ccccc2N)cn1)C(C)C. The van der Waals surface area contributed by atoms with Gasteiger partial charge in [-0.3, -0.25) is 19.5 Å². The molecular formula is C21H29N5O2. The summed E-state index contributed by atoms with van der Waals surface area (Å²) in [6, 6.07) is 10.9. The number of amides is 2. The maximum atomic E-state index is 12.3. The highest BCUT2D eigenvalue weighted by molar-refractivity contribution is 6.05. The standard InChI is InChI=1S/C21H29N5O2/c1-14(2)26(15(3)4)12-11-23-21(28)19-10-9-16(13-24-19)20(27)25-18-8-6-5-7-17(18)22/h5-10,13-15H,11-12,22H2,1-4H3,(H,23,28)(H,25,27). The summed E-state index contributed by atoms with van der Waals surface area (Å²) in [4.78, 5) is 31.0. The minimum absolute atomic E-state index is 0.258. The molecule has 1 aromatic carbocycles. The third-order valence-electron chi connectivity index (χ3n) is 4.45. The number of carbonyl (C=O) groups excluding carboxylic acids is 2. The molecule has 0 spiro atoms. The summed E-state index contributed by atoms with van der Waals surface area (Å²) in [6.45, 7) is 9.84. The van der Waals surface area contributed by atoms with Crippen molar-refractivity contribution in [1.82, 2.24) is 15.2 Å². The van der Waals surface area contributed by atoms with Gasteiger partial charge in [0.25, 0.3) is 11.8 Å². The lowest BCUT2D eigenvalue weighted by atomic mass is 10.2. The van der Waals surface area contributed by atoms with E-state index < -0.39 is 0 Å². The van der Waals surface area contributed by atoms with Crippen LogP contribution < -0.4 is 16.4 Å². The van der Waals surface area contributed by atoms with Gasteiger partial charge in [0.1, 0.15) is 5.69 Å². The average molecular weight is 383 g/mol. The third-order valence-corrected chi connectivity index (χ3v) is 4.45. The molecule has 1 aromatic heterocycles. The van der Waals surface area contributed by atoms with Crippen molar-refractivity contribution in [3.05, 3.63) is 53.9 Å². The lowest BCUT2D eigenvalue weighted by Crippen LogP contribution is -2.42. The fourth-order valence-electron chi connectivity index (χ4n) is 2.97. The molecule has 28 heavy (non-hydrogen) atoms. The maximum absolute atomic E-state index is 12.3. The van der Waals surface area contributed by atoms with Crippen LogP contribution in [0.4, 0.5) is 11.4 Å². The van der Waals surface area contributed by atoms with Crippen molar-refractivity contribution in [2.24, 2.45) is 0 Å². The summed E-state index contributed by atoms with van der Waals surface area (Å²) >= 11 is 0. The number of rotatable bonds is 8. The average Bonchev–Trinajstić information content (AvgIpc) is 2.66. The van der Waals surface area contributed by atoms with Crippen molar-refractivity contribution in [3.63, 3.8) is 0 Å². The molecule has 7 nitrogen and oxygen atoms in total. The monoisotopic (exact) mass is 383 g/mol. The highest BCUT2D eigenvalue weighted by Gasteiger charge is 2.14. The van der Waals surface area contributed by atoms with E-state index in [2.05, 4.69) is 48.2 Å². The number of aromatic nitrogens is 1. The Morgan fingerprint density at radius 1 is 1.04 bits per heavy atom. The van der Waals surface area contributed by atoms with E-state index in [0.717, 1.165) is 6.54 Å². The van der Waals surface area contributed by atoms with Crippen LogP contribution in [0.2, 0.25) is 0 Å². The minimum Gasteiger partial charge on any atom is -0.397 e. The van der Waals surface area contributed by atoms with Crippen molar-refractivity contribution < 1.29 is 9.59 Å². The predicted molar refractivity (Wildman–Crippen MR) is 112 cm³/mol. The van der Waals surface area contributed by atoms with Crippen LogP contribution >= 0.6 is 0 Å². The Morgan fingerprint density at radius 2 is 1.71 bits per heavy atom. The molecule has 0 aliphatic heterocycles. The molecule has 0 atom stereocenters. The molecule has 0 saturated heterocycles. The Morgan fingerprint density at radius 3 is 2.29 bits per heavy atom. The molecular weight excluding hydrogens is 354 g/mol. The van der Waals surface area contributed by atoms with Crippen LogP contribution in [-0.2, 0) is 0 Å². The van der Waals surface area contributed by atoms with Gasteiger partial charge in [-0.25, -0.2) is 0 Å². The van der Waals surface area contributed by atoms with Crippen molar-refractivity contribution >= 4 is 23.2 Å². The fourth-order valence-corrected chi connectivity index (χ4v) is 2.97. The van der Waals surface area contributed by atoms with E-state index in [0.29, 0.717) is 35.6 Å². The van der Waals surface area contributed by atoms with Gasteiger partial charge in [0.05, 0.1) is 16.9 Å². The molecule has 2 amide bonds. The second-order valence-electron chi connectivity index (χ2n) is 7.15. The van der Waals surface area contributed by atoms with Gasteiger partial charge in [-0.1, -0.05) is 12.1 Å². The Hall–Kier alpha value is -2.93. The number of nitrogens with one attached hydrogen (secondary N) is 2. The normalized spacial score (nSPS) is 11.1. The van der Waals surface area contributed by atoms with E-state index in [9.17, 15) is 9.59 Å². The second-order valence-corrected chi connectivity index (χ2v) is 7.15. The zero-order valence-corrected chi connectivity index (χ0v) is 16.9. The van der Waals surface area contributed by atoms with Crippen LogP contribution in [0.25, 0.3) is 0 Å². The van der Waals surface area contributed by atoms with Crippen molar-refractivity contribution in [1.29, 1.82) is 0 Å². The van der Waals surface area contributed by atoms with Crippen LogP contribution in [0, 0.1) is 0 Å². The smallest absolute Gasteiger partial charge is 0.269 e. The van der Waals surface area contributed by atoms with E-state index >= 15 is 0 Å². The van der Waals surface area contributed by atoms with Gasteiger partial charge in [-0.05, 0) is 52.0 Å². The summed E-state index contributed by atoms with van der Waals surface area (Å²) in [6.07, 6.45) is 1.39. The summed E-state index contributed by atoms with van der Waals surface area (Å²) in [7, 11) is 0. The lowest BCUT2D eigenvalue weighted by molar-refractivity contribution is 0.0932. The number of carbonyl (C=O) groups is 2. The molecule has 0 aliphatic carbocycles. The first-order valence-corrected chi connectivity index (χ1v) is 9.45. The molecule has 0 unspecified atom stereocenters. The predicted octanol–water partition coefficient (Wildman–Crippen LogP) is 2.76. The Balaban J connectivity index is 1.91. The van der Waals surface area contributed by atoms with Crippen LogP contribution in [0.15, 0.2) is 42.6 Å². The van der Waals surface area contributed by atoms with Crippen LogP contribution in [0.3, 0.4) is 0 Å². The molecule has 7 heteroatoms. The molecule has 4 N–H and O–H groups in total. The van der Waals surface area contributed by atoms with Crippen molar-refractivity contribution in [2.45, 2.75) is 39.8 Å². The molecule has 0 fully saturated rings. The van der Waals surface area contributed by atoms with Crippen molar-refractivity contribution in [3.8, 4) is 0 Å². The quantitative estimate of drug-likeness (QED) is 0.609. The third kappa shape index (κ3) is 5.79. The van der Waals surface area contributed by atoms with Gasteiger partial charge < -0.3 is 16.4 Å². The van der Waals surface area contributed by atoms with Gasteiger partial charge >= 0.3 is 0 Å². The number of hydrogen-bond donors (Lipinski definition) is 3. The number of nitrogens with two attached hydrogens (primary N) is 1. The number of anilines is 2. The van der Waals surface area contributed by atoms with Crippen LogP contribution in [-0.4, -0.2) is 46.9 Å². The Kier molecular flexibility index (Phi) is 7.52. The molecule has 1 heterocycles. The first-order valence-electron chi connectivity index (χ1n) is 9.45. The second kappa shape index (κ2) is 9.85. The fraction of sp³-hybridized carbons (Fsp3) is 0.381. The topological polar surface area (TPSA) is 100 Å². The highest BCUT2D eigenvalue weighted by atomic mass is 16.2. The summed E-state index contributed by atoms with van der Waals surface area (Å²) < 4.78 is 0. The van der Waals surface area contributed by atoms with Gasteiger partial charge in [0.2, 0.25) is 0 Å². The zero-order chi connectivity index (χ0) is 20.7.